The topological polar surface area (TPSA) is 31.6 Å². The van der Waals surface area contributed by atoms with E-state index in [1.807, 2.05) is 18.2 Å². The van der Waals surface area contributed by atoms with Crippen molar-refractivity contribution in [3.8, 4) is 34.1 Å². The minimum atomic E-state index is 0.0499. The van der Waals surface area contributed by atoms with Gasteiger partial charge in [-0.25, -0.2) is 0 Å². The van der Waals surface area contributed by atoms with Gasteiger partial charge in [0, 0.05) is 16.2 Å². The molecule has 3 nitrogen and oxygen atoms in total. The number of fused-ring (bicyclic) bond motifs is 11. The Labute approximate surface area is 265 Å². The van der Waals surface area contributed by atoms with E-state index in [0.29, 0.717) is 0 Å². The van der Waals surface area contributed by atoms with E-state index in [-0.39, 0.29) is 6.71 Å². The summed E-state index contributed by atoms with van der Waals surface area (Å²) in [5, 5.41) is 6.71. The van der Waals surface area contributed by atoms with Crippen LogP contribution in [0.5, 0.6) is 23.0 Å². The molecule has 0 unspecified atom stereocenters. The van der Waals surface area contributed by atoms with E-state index in [2.05, 4.69) is 133 Å². The second-order valence-electron chi connectivity index (χ2n) is 12.0. The third kappa shape index (κ3) is 3.74. The molecule has 0 aliphatic carbocycles. The second kappa shape index (κ2) is 9.75. The molecular formula is C42H25BO3. The fourth-order valence-electron chi connectivity index (χ4n) is 7.37. The van der Waals surface area contributed by atoms with E-state index in [1.165, 1.54) is 10.8 Å². The SMILES string of the molecule is c1ccc2c(c1)Oc1cc(-c3ccc4oc5ccccc5c5ccccc5c5ccccc5c4c3)cc3c1B2c1ccccc1O3. The minimum absolute atomic E-state index is 0.0499. The van der Waals surface area contributed by atoms with Gasteiger partial charge in [-0.15, -0.1) is 0 Å². The van der Waals surface area contributed by atoms with Crippen molar-refractivity contribution in [1.29, 1.82) is 0 Å². The normalized spacial score (nSPS) is 12.7. The number of ether oxygens (including phenoxy) is 2. The Balaban J connectivity index is 1.26. The van der Waals surface area contributed by atoms with Crippen molar-refractivity contribution in [2.75, 3.05) is 0 Å². The molecule has 0 radical (unpaired) electrons. The molecule has 10 rings (SSSR count). The van der Waals surface area contributed by atoms with Crippen molar-refractivity contribution in [3.63, 3.8) is 0 Å². The largest absolute Gasteiger partial charge is 0.458 e. The average Bonchev–Trinajstić information content (AvgIpc) is 3.16. The van der Waals surface area contributed by atoms with Crippen LogP contribution in [-0.2, 0) is 0 Å². The van der Waals surface area contributed by atoms with E-state index < -0.39 is 0 Å². The lowest BCUT2D eigenvalue weighted by Crippen LogP contribution is -2.57. The molecule has 0 saturated heterocycles. The zero-order valence-corrected chi connectivity index (χ0v) is 24.7. The highest BCUT2D eigenvalue weighted by Gasteiger charge is 2.40. The number of para-hydroxylation sites is 3. The third-order valence-electron chi connectivity index (χ3n) is 9.44. The first-order valence-electron chi connectivity index (χ1n) is 15.6. The van der Waals surface area contributed by atoms with Crippen LogP contribution in [-0.4, -0.2) is 6.71 Å². The molecule has 8 aromatic rings. The summed E-state index contributed by atoms with van der Waals surface area (Å²) < 4.78 is 19.9. The van der Waals surface area contributed by atoms with Crippen molar-refractivity contribution < 1.29 is 13.9 Å². The van der Waals surface area contributed by atoms with E-state index in [1.54, 1.807) is 0 Å². The summed E-state index contributed by atoms with van der Waals surface area (Å²) in [6.07, 6.45) is 0. The molecule has 0 N–H and O–H groups in total. The molecule has 214 valence electrons. The monoisotopic (exact) mass is 588 g/mol. The average molecular weight is 588 g/mol. The molecule has 0 amide bonds. The van der Waals surface area contributed by atoms with Gasteiger partial charge in [-0.05, 0) is 86.1 Å². The molecule has 3 heterocycles. The lowest BCUT2D eigenvalue weighted by Gasteiger charge is -2.33. The van der Waals surface area contributed by atoms with Gasteiger partial charge < -0.3 is 13.9 Å². The van der Waals surface area contributed by atoms with Gasteiger partial charge in [0.05, 0.1) is 0 Å². The third-order valence-corrected chi connectivity index (χ3v) is 9.44. The summed E-state index contributed by atoms with van der Waals surface area (Å²) in [6.45, 7) is 0.0499. The molecule has 0 atom stereocenters. The lowest BCUT2D eigenvalue weighted by molar-refractivity contribution is 0.465. The van der Waals surface area contributed by atoms with Gasteiger partial charge in [-0.3, -0.25) is 0 Å². The summed E-state index contributed by atoms with van der Waals surface area (Å²) in [4.78, 5) is 0. The Hall–Kier alpha value is -6.00. The zero-order valence-electron chi connectivity index (χ0n) is 24.7. The fraction of sp³-hybridized carbons (Fsp3) is 0. The smallest absolute Gasteiger partial charge is 0.260 e. The van der Waals surface area contributed by atoms with Crippen LogP contribution in [0.2, 0.25) is 0 Å². The maximum atomic E-state index is 6.75. The van der Waals surface area contributed by atoms with Gasteiger partial charge in [0.2, 0.25) is 0 Å². The molecule has 2 aliphatic rings. The summed E-state index contributed by atoms with van der Waals surface area (Å²) in [7, 11) is 0. The van der Waals surface area contributed by atoms with Crippen LogP contribution in [0.15, 0.2) is 156 Å². The Kier molecular flexibility index (Phi) is 5.37. The molecule has 0 fully saturated rings. The molecule has 1 aromatic heterocycles. The molecule has 0 saturated carbocycles. The molecule has 7 aromatic carbocycles. The van der Waals surface area contributed by atoms with Gasteiger partial charge in [0.1, 0.15) is 34.2 Å². The number of hydrogen-bond acceptors (Lipinski definition) is 3. The summed E-state index contributed by atoms with van der Waals surface area (Å²) >= 11 is 0. The number of benzene rings is 7. The second-order valence-corrected chi connectivity index (χ2v) is 12.0. The maximum absolute atomic E-state index is 6.75. The molecule has 0 spiro atoms. The van der Waals surface area contributed by atoms with E-state index >= 15 is 0 Å². The fourth-order valence-corrected chi connectivity index (χ4v) is 7.37. The molecular weight excluding hydrogens is 563 g/mol. The van der Waals surface area contributed by atoms with Crippen LogP contribution in [0.3, 0.4) is 0 Å². The lowest BCUT2D eigenvalue weighted by atomic mass is 9.35. The van der Waals surface area contributed by atoms with Crippen LogP contribution in [0.1, 0.15) is 0 Å². The van der Waals surface area contributed by atoms with Crippen LogP contribution in [0.25, 0.3) is 54.6 Å². The maximum Gasteiger partial charge on any atom is 0.260 e. The highest BCUT2D eigenvalue weighted by molar-refractivity contribution is 6.98. The summed E-state index contributed by atoms with van der Waals surface area (Å²) in [6, 6.07) is 52.9. The van der Waals surface area contributed by atoms with E-state index in [0.717, 1.165) is 83.2 Å². The van der Waals surface area contributed by atoms with E-state index in [9.17, 15) is 0 Å². The molecule has 2 aliphatic heterocycles. The molecule has 4 heteroatoms. The highest BCUT2D eigenvalue weighted by Crippen LogP contribution is 2.40. The molecule has 46 heavy (non-hydrogen) atoms. The predicted octanol–water partition coefficient (Wildman–Crippen LogP) is 9.41. The summed E-state index contributed by atoms with van der Waals surface area (Å²) in [5.74, 6) is 3.42. The van der Waals surface area contributed by atoms with Crippen LogP contribution in [0.4, 0.5) is 0 Å². The first kappa shape index (κ1) is 25.3. The summed E-state index contributed by atoms with van der Waals surface area (Å²) in [5.41, 5.74) is 7.11. The Morgan fingerprint density at radius 2 is 0.826 bits per heavy atom. The Bertz CT molecular complexity index is 2550. The van der Waals surface area contributed by atoms with Crippen molar-refractivity contribution in [3.05, 3.63) is 152 Å². The van der Waals surface area contributed by atoms with Crippen molar-refractivity contribution in [2.24, 2.45) is 0 Å². The van der Waals surface area contributed by atoms with Crippen molar-refractivity contribution in [2.45, 2.75) is 0 Å². The number of rotatable bonds is 1. The van der Waals surface area contributed by atoms with Gasteiger partial charge in [0.15, 0.2) is 0 Å². The van der Waals surface area contributed by atoms with Crippen LogP contribution < -0.4 is 25.9 Å². The van der Waals surface area contributed by atoms with Gasteiger partial charge in [-0.2, -0.15) is 0 Å². The zero-order chi connectivity index (χ0) is 30.2. The molecule has 0 bridgehead atoms. The van der Waals surface area contributed by atoms with Gasteiger partial charge in [-0.1, -0.05) is 109 Å². The van der Waals surface area contributed by atoms with Crippen molar-refractivity contribution in [1.82, 2.24) is 0 Å². The van der Waals surface area contributed by atoms with E-state index in [4.69, 9.17) is 13.9 Å². The quantitative estimate of drug-likeness (QED) is 0.179. The first-order chi connectivity index (χ1) is 22.8. The Morgan fingerprint density at radius 1 is 0.348 bits per heavy atom. The minimum Gasteiger partial charge on any atom is -0.458 e. The van der Waals surface area contributed by atoms with Crippen molar-refractivity contribution >= 4 is 66.6 Å². The van der Waals surface area contributed by atoms with Gasteiger partial charge in [0.25, 0.3) is 6.71 Å². The van der Waals surface area contributed by atoms with Gasteiger partial charge >= 0.3 is 0 Å². The highest BCUT2D eigenvalue weighted by atomic mass is 16.5. The van der Waals surface area contributed by atoms with Crippen LogP contribution >= 0.6 is 0 Å². The standard InChI is InChI=1S/C42H25BO3/c1-3-13-30-28(11-1)29-12-2-4-14-31(29)33-23-26(21-22-37(33)44-36-18-8-5-15-32(30)36)27-24-40-42-41(25-27)46-39-20-10-7-17-35(39)43(42)34-16-6-9-19-38(34)45-40/h1-25H. The van der Waals surface area contributed by atoms with Crippen LogP contribution in [0, 0.1) is 0 Å². The number of hydrogen-bond donors (Lipinski definition) is 0. The predicted molar refractivity (Wildman–Crippen MR) is 189 cm³/mol. The Morgan fingerprint density at radius 3 is 1.46 bits per heavy atom. The first-order valence-corrected chi connectivity index (χ1v) is 15.6.